The minimum absolute atomic E-state index is 0.0411. The molecule has 234 valence electrons. The van der Waals surface area contributed by atoms with Gasteiger partial charge >= 0.3 is 6.09 Å². The summed E-state index contributed by atoms with van der Waals surface area (Å²) in [5, 5.41) is 0. The molecule has 1 unspecified atom stereocenters. The number of carbonyl (C=O) groups excluding carboxylic acids is 1. The van der Waals surface area contributed by atoms with Crippen molar-refractivity contribution < 1.29 is 23.0 Å². The number of benzene rings is 2. The Balaban J connectivity index is 1.32. The van der Waals surface area contributed by atoms with Gasteiger partial charge in [0.15, 0.2) is 0 Å². The van der Waals surface area contributed by atoms with Crippen LogP contribution in [0.5, 0.6) is 0 Å². The van der Waals surface area contributed by atoms with Crippen molar-refractivity contribution in [2.75, 3.05) is 45.9 Å². The Bertz CT molecular complexity index is 1530. The molecule has 0 saturated carbocycles. The van der Waals surface area contributed by atoms with E-state index >= 15 is 8.78 Å². The summed E-state index contributed by atoms with van der Waals surface area (Å²) < 4.78 is 41.4. The van der Waals surface area contributed by atoms with Crippen molar-refractivity contribution in [3.05, 3.63) is 65.6 Å². The second-order valence-electron chi connectivity index (χ2n) is 12.3. The summed E-state index contributed by atoms with van der Waals surface area (Å²) in [6.45, 7) is 9.88. The van der Waals surface area contributed by atoms with Crippen LogP contribution in [0.4, 0.5) is 13.6 Å². The number of rotatable bonds is 7. The lowest BCUT2D eigenvalue weighted by Gasteiger charge is -2.33. The molecule has 1 atom stereocenters. The van der Waals surface area contributed by atoms with E-state index in [4.69, 9.17) is 20.2 Å². The monoisotopic (exact) mass is 606 g/mol. The van der Waals surface area contributed by atoms with Crippen LogP contribution in [0.15, 0.2) is 47.7 Å². The van der Waals surface area contributed by atoms with E-state index in [0.29, 0.717) is 79.4 Å². The summed E-state index contributed by atoms with van der Waals surface area (Å²) in [5.41, 5.74) is 8.54. The quantitative estimate of drug-likeness (QED) is 0.358. The molecule has 0 spiro atoms. The van der Waals surface area contributed by atoms with Crippen LogP contribution < -0.4 is 5.73 Å². The fraction of sp³-hybridized carbons (Fsp3) is 0.455. The molecule has 3 heterocycles. The van der Waals surface area contributed by atoms with E-state index in [1.54, 1.807) is 35.5 Å². The van der Waals surface area contributed by atoms with Gasteiger partial charge in [-0.3, -0.25) is 14.9 Å². The predicted molar refractivity (Wildman–Crippen MR) is 167 cm³/mol. The molecule has 2 aliphatic rings. The molecule has 0 radical (unpaired) electrons. The Hall–Kier alpha value is -3.96. The lowest BCUT2D eigenvalue weighted by molar-refractivity contribution is 0.0170. The van der Waals surface area contributed by atoms with Gasteiger partial charge in [-0.25, -0.2) is 18.6 Å². The first-order chi connectivity index (χ1) is 21.1. The lowest BCUT2D eigenvalue weighted by Crippen LogP contribution is -2.43. The topological polar surface area (TPSA) is 106 Å². The highest BCUT2D eigenvalue weighted by atomic mass is 19.1. The van der Waals surface area contributed by atoms with Gasteiger partial charge in [0.2, 0.25) is 0 Å². The van der Waals surface area contributed by atoms with Gasteiger partial charge in [-0.05, 0) is 63.3 Å². The number of fused-ring (bicyclic) bond motifs is 1. The highest BCUT2D eigenvalue weighted by Crippen LogP contribution is 2.31. The molecule has 0 bridgehead atoms. The zero-order valence-corrected chi connectivity index (χ0v) is 25.6. The number of halogens is 2. The van der Waals surface area contributed by atoms with Crippen molar-refractivity contribution in [2.24, 2.45) is 16.6 Å². The summed E-state index contributed by atoms with van der Waals surface area (Å²) in [4.78, 5) is 30.2. The molecule has 11 heteroatoms. The molecular formula is C33H40F2N6O3. The number of carbonyl (C=O) groups is 1. The van der Waals surface area contributed by atoms with Gasteiger partial charge in [0.25, 0.3) is 0 Å². The summed E-state index contributed by atoms with van der Waals surface area (Å²) in [7, 11) is 0. The number of nitrogens with two attached hydrogens (primary N) is 1. The Morgan fingerprint density at radius 3 is 2.64 bits per heavy atom. The number of amides is 1. The largest absolute Gasteiger partial charge is 0.444 e. The number of nitrogens with zero attached hydrogens (tertiary/aromatic N) is 5. The highest BCUT2D eigenvalue weighted by molar-refractivity contribution is 6.09. The Morgan fingerprint density at radius 2 is 1.93 bits per heavy atom. The van der Waals surface area contributed by atoms with Crippen molar-refractivity contribution in [3.63, 3.8) is 0 Å². The van der Waals surface area contributed by atoms with E-state index in [-0.39, 0.29) is 24.1 Å². The minimum Gasteiger partial charge on any atom is -0.444 e. The Labute approximate surface area is 256 Å². The number of piperidine rings is 1. The second kappa shape index (κ2) is 13.8. The zero-order chi connectivity index (χ0) is 31.3. The molecule has 2 fully saturated rings. The minimum atomic E-state index is -0.602. The number of hydrogen-bond acceptors (Lipinski definition) is 8. The number of ether oxygens (including phenoxy) is 2. The van der Waals surface area contributed by atoms with E-state index in [1.807, 2.05) is 25.7 Å². The number of hydrogen-bond donors (Lipinski definition) is 1. The standard InChI is InChI=1S/C33H40F2N6O3/c1-33(2,3)44-32(42)41-9-5-6-22(20-41)17-37-18-24(16-36)30-19-38-29-8-4-7-25(31(29)39-30)23-14-27(34)26(28(35)15-23)21-40-10-12-43-13-11-40/h4,7-8,14-16,18-19,22H,5-6,9-13,17,20-21,36H2,1-3H3/b24-16+,37-18?. The lowest BCUT2D eigenvalue weighted by atomic mass is 9.98. The van der Waals surface area contributed by atoms with Gasteiger partial charge in [0.05, 0.1) is 36.1 Å². The molecule has 1 amide bonds. The first-order valence-electron chi connectivity index (χ1n) is 15.1. The van der Waals surface area contributed by atoms with Crippen molar-refractivity contribution in [3.8, 4) is 11.1 Å². The van der Waals surface area contributed by atoms with E-state index in [0.717, 1.165) is 12.8 Å². The van der Waals surface area contributed by atoms with Crippen LogP contribution in [0.25, 0.3) is 27.7 Å². The van der Waals surface area contributed by atoms with Gasteiger partial charge in [-0.15, -0.1) is 0 Å². The van der Waals surface area contributed by atoms with Crippen LogP contribution in [-0.2, 0) is 16.0 Å². The number of allylic oxidation sites excluding steroid dienone is 1. The van der Waals surface area contributed by atoms with Crippen LogP contribution in [0.2, 0.25) is 0 Å². The molecule has 2 N–H and O–H groups in total. The number of aliphatic imine (C=N–C) groups is 1. The number of para-hydroxylation sites is 1. The number of morpholine rings is 1. The highest BCUT2D eigenvalue weighted by Gasteiger charge is 2.27. The molecule has 44 heavy (non-hydrogen) atoms. The van der Waals surface area contributed by atoms with Crippen molar-refractivity contribution in [1.82, 2.24) is 19.8 Å². The van der Waals surface area contributed by atoms with E-state index in [1.165, 1.54) is 18.3 Å². The summed E-state index contributed by atoms with van der Waals surface area (Å²) >= 11 is 0. The number of likely N-dealkylation sites (tertiary alicyclic amines) is 1. The molecule has 3 aromatic rings. The summed E-state index contributed by atoms with van der Waals surface area (Å²) in [5.74, 6) is -1.01. The Kier molecular flexibility index (Phi) is 9.85. The molecule has 2 saturated heterocycles. The van der Waals surface area contributed by atoms with Crippen LogP contribution in [0.1, 0.15) is 44.9 Å². The zero-order valence-electron chi connectivity index (χ0n) is 25.6. The fourth-order valence-corrected chi connectivity index (χ4v) is 5.50. The van der Waals surface area contributed by atoms with Crippen molar-refractivity contribution in [2.45, 2.75) is 45.8 Å². The average molecular weight is 607 g/mol. The van der Waals surface area contributed by atoms with E-state index in [2.05, 4.69) is 9.98 Å². The maximum atomic E-state index is 15.2. The third kappa shape index (κ3) is 7.75. The molecular weight excluding hydrogens is 566 g/mol. The molecule has 5 rings (SSSR count). The molecule has 2 aromatic carbocycles. The number of aromatic nitrogens is 2. The smallest absolute Gasteiger partial charge is 0.410 e. The summed E-state index contributed by atoms with van der Waals surface area (Å²) in [6, 6.07) is 8.07. The van der Waals surface area contributed by atoms with E-state index < -0.39 is 17.2 Å². The third-order valence-corrected chi connectivity index (χ3v) is 7.75. The van der Waals surface area contributed by atoms with Gasteiger partial charge in [-0.2, -0.15) is 0 Å². The maximum absolute atomic E-state index is 15.2. The molecule has 1 aromatic heterocycles. The SMILES string of the molecule is CC(C)(C)OC(=O)N1CCCC(CN=C/C(=C\N)c2cnc3cccc(-c4cc(F)c(CN5CCOCC5)c(F)c4)c3n2)C1. The maximum Gasteiger partial charge on any atom is 0.410 e. The van der Waals surface area contributed by atoms with E-state index in [9.17, 15) is 4.79 Å². The van der Waals surface area contributed by atoms with Gasteiger partial charge in [0.1, 0.15) is 17.2 Å². The predicted octanol–water partition coefficient (Wildman–Crippen LogP) is 5.42. The van der Waals surface area contributed by atoms with Gasteiger partial charge in [-0.1, -0.05) is 12.1 Å². The average Bonchev–Trinajstić information content (AvgIpc) is 3.00. The van der Waals surface area contributed by atoms with Crippen molar-refractivity contribution >= 4 is 28.9 Å². The summed E-state index contributed by atoms with van der Waals surface area (Å²) in [6.07, 6.45) is 6.21. The van der Waals surface area contributed by atoms with Gasteiger partial charge < -0.3 is 20.1 Å². The van der Waals surface area contributed by atoms with Crippen LogP contribution in [0, 0.1) is 17.6 Å². The van der Waals surface area contributed by atoms with Crippen LogP contribution in [-0.4, -0.2) is 83.6 Å². The normalized spacial score (nSPS) is 18.7. The van der Waals surface area contributed by atoms with Crippen molar-refractivity contribution in [1.29, 1.82) is 0 Å². The second-order valence-corrected chi connectivity index (χ2v) is 12.3. The molecule has 9 nitrogen and oxygen atoms in total. The van der Waals surface area contributed by atoms with Crippen LogP contribution >= 0.6 is 0 Å². The molecule has 2 aliphatic heterocycles. The third-order valence-electron chi connectivity index (χ3n) is 7.75. The molecule has 0 aliphatic carbocycles. The Morgan fingerprint density at radius 1 is 1.18 bits per heavy atom. The first kappa shape index (κ1) is 31.5. The first-order valence-corrected chi connectivity index (χ1v) is 15.1. The van der Waals surface area contributed by atoms with Gasteiger partial charge in [0, 0.05) is 68.4 Å². The van der Waals surface area contributed by atoms with Crippen LogP contribution in [0.3, 0.4) is 0 Å². The fourth-order valence-electron chi connectivity index (χ4n) is 5.50.